The molecule has 10 heteroatoms. The highest BCUT2D eigenvalue weighted by Gasteiger charge is 2.20. The van der Waals surface area contributed by atoms with Crippen molar-refractivity contribution in [2.75, 3.05) is 24.9 Å². The molecule has 31 heavy (non-hydrogen) atoms. The van der Waals surface area contributed by atoms with E-state index in [2.05, 4.69) is 20.9 Å². The summed E-state index contributed by atoms with van der Waals surface area (Å²) in [6, 6.07) is 10.3. The number of hydrogen-bond acceptors (Lipinski definition) is 6. The fourth-order valence-corrected chi connectivity index (χ4v) is 3.06. The first-order valence-electron chi connectivity index (χ1n) is 9.32. The smallest absolute Gasteiger partial charge is 0.278 e. The van der Waals surface area contributed by atoms with Gasteiger partial charge < -0.3 is 20.1 Å². The third-order valence-corrected chi connectivity index (χ3v) is 5.10. The van der Waals surface area contributed by atoms with Crippen LogP contribution in [0.2, 0.25) is 5.02 Å². The monoisotopic (exact) mass is 443 g/mol. The molecule has 0 saturated carbocycles. The fraction of sp³-hybridized carbons (Fsp3) is 0.238. The largest absolute Gasteiger partial charge is 0.497 e. The van der Waals surface area contributed by atoms with Crippen molar-refractivity contribution in [2.45, 2.75) is 20.4 Å². The zero-order chi connectivity index (χ0) is 22.5. The highest BCUT2D eigenvalue weighted by molar-refractivity contribution is 6.31. The van der Waals surface area contributed by atoms with Gasteiger partial charge in [-0.25, -0.2) is 4.68 Å². The summed E-state index contributed by atoms with van der Waals surface area (Å²) in [6.45, 7) is 3.37. The molecule has 0 unspecified atom stereocenters. The lowest BCUT2D eigenvalue weighted by atomic mass is 10.2. The second-order valence-corrected chi connectivity index (χ2v) is 7.07. The van der Waals surface area contributed by atoms with Crippen LogP contribution in [-0.4, -0.2) is 41.0 Å². The lowest BCUT2D eigenvalue weighted by Crippen LogP contribution is -2.21. The lowest BCUT2D eigenvalue weighted by molar-refractivity contribution is -0.117. The van der Waals surface area contributed by atoms with Crippen molar-refractivity contribution in [3.05, 3.63) is 58.4 Å². The van der Waals surface area contributed by atoms with E-state index < -0.39 is 5.91 Å². The first-order valence-corrected chi connectivity index (χ1v) is 9.70. The molecule has 0 aliphatic rings. The van der Waals surface area contributed by atoms with Gasteiger partial charge in [-0.15, -0.1) is 5.10 Å². The number of carbonyl (C=O) groups is 2. The average Bonchev–Trinajstić information content (AvgIpc) is 3.11. The van der Waals surface area contributed by atoms with Crippen LogP contribution in [-0.2, 0) is 11.3 Å². The number of amides is 2. The molecule has 1 heterocycles. The molecule has 0 aliphatic carbocycles. The maximum Gasteiger partial charge on any atom is 0.278 e. The number of hydrogen-bond donors (Lipinski definition) is 2. The SMILES string of the molecule is COc1ccc(OC)c(NC(=O)c2nnn(CC(=O)Nc3cccc(Cl)c3C)c2C)c1. The van der Waals surface area contributed by atoms with Crippen LogP contribution >= 0.6 is 11.6 Å². The zero-order valence-electron chi connectivity index (χ0n) is 17.5. The third kappa shape index (κ3) is 4.95. The Bertz CT molecular complexity index is 1130. The highest BCUT2D eigenvalue weighted by Crippen LogP contribution is 2.29. The van der Waals surface area contributed by atoms with E-state index in [-0.39, 0.29) is 18.1 Å². The minimum absolute atomic E-state index is 0.0941. The Kier molecular flexibility index (Phi) is 6.76. The summed E-state index contributed by atoms with van der Waals surface area (Å²) in [7, 11) is 3.03. The van der Waals surface area contributed by atoms with Crippen LogP contribution in [0.4, 0.5) is 11.4 Å². The molecule has 0 saturated heterocycles. The van der Waals surface area contributed by atoms with Crippen molar-refractivity contribution in [1.29, 1.82) is 0 Å². The normalized spacial score (nSPS) is 10.5. The molecule has 2 aromatic carbocycles. The first-order chi connectivity index (χ1) is 14.8. The Balaban J connectivity index is 1.73. The molecule has 3 aromatic rings. The van der Waals surface area contributed by atoms with E-state index in [0.717, 1.165) is 5.56 Å². The van der Waals surface area contributed by atoms with Gasteiger partial charge in [-0.05, 0) is 43.7 Å². The number of aromatic nitrogens is 3. The van der Waals surface area contributed by atoms with E-state index in [4.69, 9.17) is 21.1 Å². The topological polar surface area (TPSA) is 107 Å². The molecule has 9 nitrogen and oxygen atoms in total. The van der Waals surface area contributed by atoms with Crippen LogP contribution in [0.3, 0.4) is 0 Å². The molecule has 3 rings (SSSR count). The van der Waals surface area contributed by atoms with Gasteiger partial charge in [0.25, 0.3) is 5.91 Å². The quantitative estimate of drug-likeness (QED) is 0.579. The maximum absolute atomic E-state index is 12.7. The standard InChI is InChI=1S/C21H22ClN5O4/c1-12-15(22)6-5-7-16(12)23-19(28)11-27-13(2)20(25-26-27)21(29)24-17-10-14(30-3)8-9-18(17)31-4/h5-10H,11H2,1-4H3,(H,23,28)(H,24,29). The van der Waals surface area contributed by atoms with Crippen LogP contribution < -0.4 is 20.1 Å². The minimum Gasteiger partial charge on any atom is -0.497 e. The van der Waals surface area contributed by atoms with E-state index in [1.165, 1.54) is 18.9 Å². The number of benzene rings is 2. The van der Waals surface area contributed by atoms with Crippen molar-refractivity contribution >= 4 is 34.8 Å². The second-order valence-electron chi connectivity index (χ2n) is 6.66. The van der Waals surface area contributed by atoms with Gasteiger partial charge in [-0.2, -0.15) is 0 Å². The summed E-state index contributed by atoms with van der Waals surface area (Å²) in [6.07, 6.45) is 0. The Hall–Kier alpha value is -3.59. The Morgan fingerprint density at radius 3 is 2.55 bits per heavy atom. The Morgan fingerprint density at radius 2 is 1.84 bits per heavy atom. The molecule has 0 spiro atoms. The molecular formula is C21H22ClN5O4. The number of ether oxygens (including phenoxy) is 2. The molecule has 0 aliphatic heterocycles. The van der Waals surface area contributed by atoms with Gasteiger partial charge in [0.1, 0.15) is 18.0 Å². The molecule has 0 bridgehead atoms. The maximum atomic E-state index is 12.7. The van der Waals surface area contributed by atoms with Gasteiger partial charge in [-0.3, -0.25) is 9.59 Å². The van der Waals surface area contributed by atoms with Crippen molar-refractivity contribution < 1.29 is 19.1 Å². The Morgan fingerprint density at radius 1 is 1.06 bits per heavy atom. The lowest BCUT2D eigenvalue weighted by Gasteiger charge is -2.11. The minimum atomic E-state index is -0.485. The fourth-order valence-electron chi connectivity index (χ4n) is 2.88. The predicted octanol–water partition coefficient (Wildman–Crippen LogP) is 3.46. The number of halogens is 1. The van der Waals surface area contributed by atoms with Crippen LogP contribution in [0.1, 0.15) is 21.7 Å². The summed E-state index contributed by atoms with van der Waals surface area (Å²) in [5.74, 6) is 0.223. The van der Waals surface area contributed by atoms with Gasteiger partial charge in [0.2, 0.25) is 5.91 Å². The Labute approximate surface area is 184 Å². The molecule has 0 radical (unpaired) electrons. The van der Waals surface area contributed by atoms with Crippen LogP contribution in [0.25, 0.3) is 0 Å². The van der Waals surface area contributed by atoms with Gasteiger partial charge in [0.05, 0.1) is 25.6 Å². The van der Waals surface area contributed by atoms with Crippen LogP contribution in [0.5, 0.6) is 11.5 Å². The van der Waals surface area contributed by atoms with Gasteiger partial charge in [0.15, 0.2) is 5.69 Å². The molecule has 2 N–H and O–H groups in total. The van der Waals surface area contributed by atoms with Gasteiger partial charge in [0, 0.05) is 16.8 Å². The zero-order valence-corrected chi connectivity index (χ0v) is 18.3. The van der Waals surface area contributed by atoms with Gasteiger partial charge >= 0.3 is 0 Å². The molecular weight excluding hydrogens is 422 g/mol. The van der Waals surface area contributed by atoms with Crippen molar-refractivity contribution in [3.63, 3.8) is 0 Å². The number of rotatable bonds is 7. The third-order valence-electron chi connectivity index (χ3n) is 4.69. The predicted molar refractivity (Wildman–Crippen MR) is 117 cm³/mol. The van der Waals surface area contributed by atoms with E-state index in [1.54, 1.807) is 43.3 Å². The van der Waals surface area contributed by atoms with E-state index in [1.807, 2.05) is 6.92 Å². The number of nitrogens with zero attached hydrogens (tertiary/aromatic N) is 3. The average molecular weight is 444 g/mol. The van der Waals surface area contributed by atoms with E-state index in [0.29, 0.717) is 33.6 Å². The van der Waals surface area contributed by atoms with Crippen molar-refractivity contribution in [1.82, 2.24) is 15.0 Å². The van der Waals surface area contributed by atoms with E-state index >= 15 is 0 Å². The highest BCUT2D eigenvalue weighted by atomic mass is 35.5. The second kappa shape index (κ2) is 9.48. The summed E-state index contributed by atoms with van der Waals surface area (Å²) < 4.78 is 11.8. The summed E-state index contributed by atoms with van der Waals surface area (Å²) in [4.78, 5) is 25.2. The van der Waals surface area contributed by atoms with Crippen LogP contribution in [0, 0.1) is 13.8 Å². The van der Waals surface area contributed by atoms with Crippen molar-refractivity contribution in [3.8, 4) is 11.5 Å². The summed E-state index contributed by atoms with van der Waals surface area (Å²) in [5, 5.41) is 14.0. The van der Waals surface area contributed by atoms with E-state index in [9.17, 15) is 9.59 Å². The number of anilines is 2. The van der Waals surface area contributed by atoms with Gasteiger partial charge in [-0.1, -0.05) is 22.9 Å². The molecule has 1 aromatic heterocycles. The summed E-state index contributed by atoms with van der Waals surface area (Å²) in [5.41, 5.74) is 2.34. The van der Waals surface area contributed by atoms with Crippen molar-refractivity contribution in [2.24, 2.45) is 0 Å². The first kappa shape index (κ1) is 22.1. The number of methoxy groups -OCH3 is 2. The molecule has 0 fully saturated rings. The number of carbonyl (C=O) groups excluding carboxylic acids is 2. The summed E-state index contributed by atoms with van der Waals surface area (Å²) >= 11 is 6.09. The molecule has 162 valence electrons. The van der Waals surface area contributed by atoms with Crippen LogP contribution in [0.15, 0.2) is 36.4 Å². The number of nitrogens with one attached hydrogen (secondary N) is 2. The molecule has 2 amide bonds. The molecule has 0 atom stereocenters.